The fraction of sp³-hybridized carbons (Fsp3) is 0.345. The summed E-state index contributed by atoms with van der Waals surface area (Å²) in [6.07, 6.45) is 1.23. The van der Waals surface area contributed by atoms with Crippen LogP contribution in [0.4, 0.5) is 18.9 Å². The van der Waals surface area contributed by atoms with Crippen molar-refractivity contribution in [2.24, 2.45) is 7.05 Å². The standard InChI is InChI=1S/C28H28ClF3N6O5.CH2O2/c1-36-20(18-4-5-21(43-15-30)24(32)23(18)31)12-34-25(36)26(40)35-16-2-3-17(19(29)10-16)27(41)38-8-6-37(7-9-38)22(39)11-28(42)13-33-14-28;2-1-3/h2-5,10,12,33,42H,6-9,11,13-15H2,1H3,(H,35,40);1H,(H,2,3). The minimum atomic E-state index is -1.37. The van der Waals surface area contributed by atoms with Gasteiger partial charge in [0.05, 0.1) is 34.5 Å². The number of hydrogen-bond donors (Lipinski definition) is 4. The summed E-state index contributed by atoms with van der Waals surface area (Å²) in [4.78, 5) is 54.2. The van der Waals surface area contributed by atoms with Gasteiger partial charge < -0.3 is 40.0 Å². The molecule has 2 fully saturated rings. The van der Waals surface area contributed by atoms with Crippen molar-refractivity contribution in [1.82, 2.24) is 24.7 Å². The van der Waals surface area contributed by atoms with E-state index in [1.807, 2.05) is 0 Å². The number of aliphatic hydroxyl groups is 1. The van der Waals surface area contributed by atoms with Gasteiger partial charge in [0.1, 0.15) is 0 Å². The number of carbonyl (C=O) groups excluding carboxylic acids is 3. The number of β-amino-alcohol motifs (C(OH)–C–C–N with tert-alkyl or cyclic N) is 1. The summed E-state index contributed by atoms with van der Waals surface area (Å²) in [6, 6.07) is 6.63. The molecule has 246 valence electrons. The van der Waals surface area contributed by atoms with Gasteiger partial charge >= 0.3 is 0 Å². The van der Waals surface area contributed by atoms with Gasteiger partial charge in [-0.2, -0.15) is 4.39 Å². The molecule has 0 radical (unpaired) electrons. The third kappa shape index (κ3) is 7.41. The Bertz CT molecular complexity index is 1630. The van der Waals surface area contributed by atoms with E-state index in [9.17, 15) is 32.7 Å². The first-order valence-corrected chi connectivity index (χ1v) is 14.2. The maximum atomic E-state index is 14.6. The third-order valence-electron chi connectivity index (χ3n) is 7.49. The van der Waals surface area contributed by atoms with Crippen molar-refractivity contribution in [2.45, 2.75) is 12.0 Å². The molecule has 0 spiro atoms. The molecule has 0 aliphatic carbocycles. The van der Waals surface area contributed by atoms with Gasteiger partial charge in [0.15, 0.2) is 17.4 Å². The smallest absolute Gasteiger partial charge is 0.291 e. The van der Waals surface area contributed by atoms with E-state index >= 15 is 0 Å². The van der Waals surface area contributed by atoms with Gasteiger partial charge in [-0.05, 0) is 30.3 Å². The van der Waals surface area contributed by atoms with Crippen molar-refractivity contribution in [3.63, 3.8) is 0 Å². The zero-order valence-electron chi connectivity index (χ0n) is 24.4. The number of alkyl halides is 1. The molecule has 4 N–H and O–H groups in total. The van der Waals surface area contributed by atoms with Gasteiger partial charge in [-0.15, -0.1) is 0 Å². The average molecular weight is 667 g/mol. The van der Waals surface area contributed by atoms with Crippen molar-refractivity contribution in [2.75, 3.05) is 51.4 Å². The predicted molar refractivity (Wildman–Crippen MR) is 158 cm³/mol. The van der Waals surface area contributed by atoms with Crippen molar-refractivity contribution in [3.8, 4) is 17.0 Å². The van der Waals surface area contributed by atoms with E-state index in [1.54, 1.807) is 9.80 Å². The lowest BCUT2D eigenvalue weighted by molar-refractivity contribution is -0.140. The number of carbonyl (C=O) groups is 4. The van der Waals surface area contributed by atoms with Crippen LogP contribution >= 0.6 is 11.6 Å². The van der Waals surface area contributed by atoms with Crippen LogP contribution in [0.5, 0.6) is 5.75 Å². The first-order valence-electron chi connectivity index (χ1n) is 13.8. The minimum Gasteiger partial charge on any atom is -0.483 e. The number of hydrogen-bond acceptors (Lipinski definition) is 8. The molecule has 2 aliphatic rings. The summed E-state index contributed by atoms with van der Waals surface area (Å²) in [5.41, 5.74) is -0.650. The molecule has 0 saturated carbocycles. The van der Waals surface area contributed by atoms with E-state index < -0.39 is 35.8 Å². The number of aromatic nitrogens is 2. The third-order valence-corrected chi connectivity index (χ3v) is 7.80. The number of rotatable bonds is 8. The molecule has 2 aliphatic heterocycles. The summed E-state index contributed by atoms with van der Waals surface area (Å²) in [5.74, 6) is -4.53. The number of imidazole rings is 1. The van der Waals surface area contributed by atoms with Crippen molar-refractivity contribution >= 4 is 41.5 Å². The van der Waals surface area contributed by atoms with Crippen LogP contribution in [0.25, 0.3) is 11.3 Å². The number of carboxylic acid groups (broad SMARTS) is 1. The van der Waals surface area contributed by atoms with E-state index in [1.165, 1.54) is 42.1 Å². The Hall–Kier alpha value is -4.67. The Balaban J connectivity index is 0.00000154. The highest BCUT2D eigenvalue weighted by Gasteiger charge is 2.38. The highest BCUT2D eigenvalue weighted by Crippen LogP contribution is 2.31. The van der Waals surface area contributed by atoms with Crippen LogP contribution in [0.3, 0.4) is 0 Å². The highest BCUT2D eigenvalue weighted by atomic mass is 35.5. The molecular weight excluding hydrogens is 637 g/mol. The fourth-order valence-corrected chi connectivity index (χ4v) is 5.25. The van der Waals surface area contributed by atoms with E-state index in [2.05, 4.69) is 20.4 Å². The van der Waals surface area contributed by atoms with E-state index in [0.29, 0.717) is 39.3 Å². The first-order chi connectivity index (χ1) is 21.9. The molecule has 3 amide bonds. The van der Waals surface area contributed by atoms with Crippen LogP contribution in [-0.4, -0.2) is 105 Å². The molecule has 1 aromatic heterocycles. The number of nitrogens with one attached hydrogen (secondary N) is 2. The van der Waals surface area contributed by atoms with Crippen molar-refractivity contribution in [1.29, 1.82) is 0 Å². The molecule has 2 aromatic carbocycles. The predicted octanol–water partition coefficient (Wildman–Crippen LogP) is 2.29. The van der Waals surface area contributed by atoms with Gasteiger partial charge in [0.2, 0.25) is 18.6 Å². The first kappa shape index (κ1) is 34.2. The summed E-state index contributed by atoms with van der Waals surface area (Å²) in [5, 5.41) is 22.8. The van der Waals surface area contributed by atoms with E-state index in [-0.39, 0.29) is 58.1 Å². The van der Waals surface area contributed by atoms with Crippen LogP contribution < -0.4 is 15.4 Å². The van der Waals surface area contributed by atoms with Crippen LogP contribution in [0.2, 0.25) is 5.02 Å². The normalized spacial score (nSPS) is 15.3. The minimum absolute atomic E-state index is 0.0339. The van der Waals surface area contributed by atoms with Gasteiger partial charge in [0.25, 0.3) is 18.3 Å². The van der Waals surface area contributed by atoms with Gasteiger partial charge in [-0.3, -0.25) is 19.2 Å². The molecule has 3 heterocycles. The Morgan fingerprint density at radius 2 is 1.76 bits per heavy atom. The number of anilines is 1. The SMILES string of the molecule is Cn1c(-c2ccc(OCF)c(F)c2F)cnc1C(=O)Nc1ccc(C(=O)N2CCN(C(=O)CC3(O)CNC3)CC2)c(Cl)c1.O=CO. The van der Waals surface area contributed by atoms with E-state index in [0.717, 1.165) is 6.07 Å². The molecule has 0 bridgehead atoms. The molecule has 3 aromatic rings. The number of amides is 3. The molecule has 2 saturated heterocycles. The average Bonchev–Trinajstić information content (AvgIpc) is 3.40. The monoisotopic (exact) mass is 666 g/mol. The summed E-state index contributed by atoms with van der Waals surface area (Å²) in [7, 11) is 1.44. The fourth-order valence-electron chi connectivity index (χ4n) is 4.99. The van der Waals surface area contributed by atoms with E-state index in [4.69, 9.17) is 21.5 Å². The molecule has 46 heavy (non-hydrogen) atoms. The zero-order chi connectivity index (χ0) is 33.6. The van der Waals surface area contributed by atoms with Crippen LogP contribution in [-0.2, 0) is 16.6 Å². The van der Waals surface area contributed by atoms with Crippen molar-refractivity contribution in [3.05, 3.63) is 64.6 Å². The van der Waals surface area contributed by atoms with Gasteiger partial charge in [0, 0.05) is 57.6 Å². The van der Waals surface area contributed by atoms with Gasteiger partial charge in [-0.25, -0.2) is 13.8 Å². The van der Waals surface area contributed by atoms with Crippen molar-refractivity contribution < 1.29 is 47.3 Å². The molecule has 13 nitrogen and oxygen atoms in total. The zero-order valence-corrected chi connectivity index (χ0v) is 25.2. The highest BCUT2D eigenvalue weighted by molar-refractivity contribution is 6.34. The number of benzene rings is 2. The molecule has 5 rings (SSSR count). The number of piperazine rings is 1. The van der Waals surface area contributed by atoms with Crippen LogP contribution in [0.1, 0.15) is 27.4 Å². The molecular formula is C29H30ClF3N6O7. The molecule has 17 heteroatoms. The lowest BCUT2D eigenvalue weighted by Gasteiger charge is -2.40. The number of nitrogens with zero attached hydrogens (tertiary/aromatic N) is 4. The van der Waals surface area contributed by atoms with Crippen LogP contribution in [0, 0.1) is 11.6 Å². The number of ether oxygens (including phenoxy) is 1. The Kier molecular flexibility index (Phi) is 10.9. The summed E-state index contributed by atoms with van der Waals surface area (Å²) >= 11 is 6.40. The largest absolute Gasteiger partial charge is 0.483 e. The second-order valence-corrected chi connectivity index (χ2v) is 10.9. The Labute approximate surface area is 265 Å². The Morgan fingerprint density at radius 1 is 1.11 bits per heavy atom. The second kappa shape index (κ2) is 14.6. The quantitative estimate of drug-likeness (QED) is 0.264. The molecule has 0 atom stereocenters. The Morgan fingerprint density at radius 3 is 2.35 bits per heavy atom. The lowest BCUT2D eigenvalue weighted by atomic mass is 9.92. The maximum absolute atomic E-state index is 14.6. The second-order valence-electron chi connectivity index (χ2n) is 10.5. The maximum Gasteiger partial charge on any atom is 0.291 e. The van der Waals surface area contributed by atoms with Gasteiger partial charge in [-0.1, -0.05) is 11.6 Å². The lowest BCUT2D eigenvalue weighted by Crippen LogP contribution is -2.62. The number of halogens is 4. The topological polar surface area (TPSA) is 166 Å². The summed E-state index contributed by atoms with van der Waals surface area (Å²) in [6.45, 7) is 0.444. The summed E-state index contributed by atoms with van der Waals surface area (Å²) < 4.78 is 46.9. The molecule has 0 unspecified atom stereocenters. The van der Waals surface area contributed by atoms with Crippen LogP contribution in [0.15, 0.2) is 36.5 Å².